The Kier molecular flexibility index (Phi) is 7.96. The highest BCUT2D eigenvalue weighted by Crippen LogP contribution is 2.21. The van der Waals surface area contributed by atoms with E-state index in [9.17, 15) is 15.0 Å². The number of hydrogen-bond acceptors (Lipinski definition) is 4. The zero-order chi connectivity index (χ0) is 21.4. The normalized spacial score (nSPS) is 12.3. The van der Waals surface area contributed by atoms with E-state index in [4.69, 9.17) is 5.11 Å². The van der Waals surface area contributed by atoms with Gasteiger partial charge in [0, 0.05) is 41.3 Å². The molecule has 0 saturated carbocycles. The van der Waals surface area contributed by atoms with Crippen LogP contribution in [0.1, 0.15) is 36.7 Å². The summed E-state index contributed by atoms with van der Waals surface area (Å²) in [5, 5.41) is 32.3. The Morgan fingerprint density at radius 1 is 1.07 bits per heavy atom. The number of hydrogen-bond donors (Lipinski definition) is 4. The smallest absolute Gasteiger partial charge is 0.335 e. The molecule has 0 aliphatic carbocycles. The average molecular weight is 399 g/mol. The van der Waals surface area contributed by atoms with Crippen molar-refractivity contribution in [2.24, 2.45) is 0 Å². The van der Waals surface area contributed by atoms with Crippen molar-refractivity contribution < 1.29 is 20.1 Å². The van der Waals surface area contributed by atoms with Crippen LogP contribution in [0.2, 0.25) is 0 Å². The van der Waals surface area contributed by atoms with E-state index in [1.165, 1.54) is 0 Å². The highest BCUT2D eigenvalue weighted by Gasteiger charge is 2.14. The second-order valence-corrected chi connectivity index (χ2v) is 7.94. The lowest BCUT2D eigenvalue weighted by Gasteiger charge is -2.23. The first-order valence-corrected chi connectivity index (χ1v) is 9.60. The fraction of sp³-hybridized carbons (Fsp3) is 0.348. The van der Waals surface area contributed by atoms with Gasteiger partial charge >= 0.3 is 5.97 Å². The lowest BCUT2D eigenvalue weighted by molar-refractivity contribution is 0.0697. The molecule has 0 aliphatic rings. The molecule has 0 saturated heterocycles. The van der Waals surface area contributed by atoms with E-state index in [-0.39, 0.29) is 12.1 Å². The average Bonchev–Trinajstić information content (AvgIpc) is 3.05. The second kappa shape index (κ2) is 10.2. The van der Waals surface area contributed by atoms with Crippen molar-refractivity contribution in [3.8, 4) is 0 Å². The summed E-state index contributed by atoms with van der Waals surface area (Å²) in [6.07, 6.45) is 1.46. The van der Waals surface area contributed by atoms with Crippen molar-refractivity contribution in [3.05, 3.63) is 71.9 Å². The number of carbonyl (C=O) groups is 1. The predicted octanol–water partition coefficient (Wildman–Crippen LogP) is 3.27. The largest absolute Gasteiger partial charge is 0.478 e. The number of benzene rings is 2. The van der Waals surface area contributed by atoms with Crippen LogP contribution in [0.5, 0.6) is 0 Å². The standard InChI is InChI=1S/C16H24N2O2.C7H6O2/c1-16(2,3)17-8-13(20)10-18-9-12(11-19)14-6-4-5-7-15(14)18;8-7(9)6-4-2-1-3-5-6/h4-7,9,13,17,19-20H,8,10-11H2,1-3H3;1-5H,(H,8,9). The minimum absolute atomic E-state index is 0.00397. The summed E-state index contributed by atoms with van der Waals surface area (Å²) in [4.78, 5) is 10.2. The van der Waals surface area contributed by atoms with Gasteiger partial charge < -0.3 is 25.2 Å². The van der Waals surface area contributed by atoms with E-state index in [1.54, 1.807) is 30.3 Å². The van der Waals surface area contributed by atoms with Gasteiger partial charge in [-0.05, 0) is 39.0 Å². The van der Waals surface area contributed by atoms with Gasteiger partial charge in [-0.1, -0.05) is 36.4 Å². The molecule has 1 atom stereocenters. The number of aromatic nitrogens is 1. The molecule has 0 radical (unpaired) electrons. The maximum atomic E-state index is 10.2. The molecular weight excluding hydrogens is 368 g/mol. The van der Waals surface area contributed by atoms with Gasteiger partial charge in [-0.15, -0.1) is 0 Å². The molecule has 0 amide bonds. The summed E-state index contributed by atoms with van der Waals surface area (Å²) >= 11 is 0. The maximum Gasteiger partial charge on any atom is 0.335 e. The topological polar surface area (TPSA) is 94.7 Å². The lowest BCUT2D eigenvalue weighted by Crippen LogP contribution is -2.41. The number of β-amino-alcohol motifs (C(OH)–C–C–N with tert-alkyl or cyclic N) is 1. The third-order valence-electron chi connectivity index (χ3n) is 4.34. The summed E-state index contributed by atoms with van der Waals surface area (Å²) in [5.41, 5.74) is 2.27. The second-order valence-electron chi connectivity index (χ2n) is 7.94. The number of carboxylic acids is 1. The molecule has 0 spiro atoms. The molecule has 6 heteroatoms. The van der Waals surface area contributed by atoms with Crippen molar-refractivity contribution in [1.29, 1.82) is 0 Å². The first kappa shape index (κ1) is 22.6. The molecule has 1 heterocycles. The van der Waals surface area contributed by atoms with E-state index >= 15 is 0 Å². The zero-order valence-electron chi connectivity index (χ0n) is 17.2. The number of aliphatic hydroxyl groups is 2. The van der Waals surface area contributed by atoms with Gasteiger partial charge in [0.05, 0.1) is 18.3 Å². The van der Waals surface area contributed by atoms with Crippen LogP contribution in [0.25, 0.3) is 10.9 Å². The summed E-state index contributed by atoms with van der Waals surface area (Å²) < 4.78 is 2.01. The van der Waals surface area contributed by atoms with E-state index in [0.29, 0.717) is 18.7 Å². The summed E-state index contributed by atoms with van der Waals surface area (Å²) in [6, 6.07) is 16.2. The van der Waals surface area contributed by atoms with Gasteiger partial charge in [0.25, 0.3) is 0 Å². The molecule has 156 valence electrons. The number of nitrogens with one attached hydrogen (secondary N) is 1. The van der Waals surface area contributed by atoms with E-state index in [2.05, 4.69) is 26.1 Å². The number of carboxylic acid groups (broad SMARTS) is 1. The molecule has 29 heavy (non-hydrogen) atoms. The number of rotatable bonds is 6. The van der Waals surface area contributed by atoms with E-state index < -0.39 is 12.1 Å². The molecular formula is C23H30N2O4. The molecule has 3 rings (SSSR count). The van der Waals surface area contributed by atoms with Crippen molar-refractivity contribution in [1.82, 2.24) is 9.88 Å². The van der Waals surface area contributed by atoms with Crippen molar-refractivity contribution in [3.63, 3.8) is 0 Å². The molecule has 1 aromatic heterocycles. The Morgan fingerprint density at radius 3 is 2.24 bits per heavy atom. The minimum atomic E-state index is -0.879. The quantitative estimate of drug-likeness (QED) is 0.511. The van der Waals surface area contributed by atoms with Gasteiger partial charge in [-0.2, -0.15) is 0 Å². The van der Waals surface area contributed by atoms with E-state index in [1.807, 2.05) is 35.0 Å². The highest BCUT2D eigenvalue weighted by atomic mass is 16.4. The molecule has 4 N–H and O–H groups in total. The number of fused-ring (bicyclic) bond motifs is 1. The first-order valence-electron chi connectivity index (χ1n) is 9.60. The van der Waals surface area contributed by atoms with Crippen LogP contribution in [-0.4, -0.2) is 44.0 Å². The van der Waals surface area contributed by atoms with Gasteiger partial charge in [-0.25, -0.2) is 4.79 Å². The summed E-state index contributed by atoms with van der Waals surface area (Å²) in [7, 11) is 0. The molecule has 0 bridgehead atoms. The fourth-order valence-electron chi connectivity index (χ4n) is 2.90. The molecule has 1 unspecified atom stereocenters. The number of nitrogens with zero attached hydrogens (tertiary/aromatic N) is 1. The van der Waals surface area contributed by atoms with Crippen molar-refractivity contribution >= 4 is 16.9 Å². The zero-order valence-corrected chi connectivity index (χ0v) is 17.2. The van der Waals surface area contributed by atoms with Crippen LogP contribution in [0, 0.1) is 0 Å². The molecule has 2 aromatic carbocycles. The van der Waals surface area contributed by atoms with Crippen LogP contribution in [0.4, 0.5) is 0 Å². The molecule has 0 fully saturated rings. The molecule has 6 nitrogen and oxygen atoms in total. The van der Waals surface area contributed by atoms with Crippen LogP contribution in [0.3, 0.4) is 0 Å². The number of aliphatic hydroxyl groups excluding tert-OH is 2. The Hall–Kier alpha value is -2.67. The first-order chi connectivity index (χ1) is 13.7. The fourth-order valence-corrected chi connectivity index (χ4v) is 2.90. The Morgan fingerprint density at radius 2 is 1.69 bits per heavy atom. The maximum absolute atomic E-state index is 10.2. The lowest BCUT2D eigenvalue weighted by atomic mass is 10.1. The van der Waals surface area contributed by atoms with Gasteiger partial charge in [0.1, 0.15) is 0 Å². The SMILES string of the molecule is CC(C)(C)NCC(O)Cn1cc(CO)c2ccccc21.O=C(O)c1ccccc1. The molecule has 3 aromatic rings. The monoisotopic (exact) mass is 398 g/mol. The highest BCUT2D eigenvalue weighted by molar-refractivity contribution is 5.87. The predicted molar refractivity (Wildman–Crippen MR) is 115 cm³/mol. The van der Waals surface area contributed by atoms with Gasteiger partial charge in [-0.3, -0.25) is 0 Å². The summed E-state index contributed by atoms with van der Waals surface area (Å²) in [5.74, 6) is -0.879. The number of para-hydroxylation sites is 1. The van der Waals surface area contributed by atoms with Crippen LogP contribution >= 0.6 is 0 Å². The van der Waals surface area contributed by atoms with Crippen LogP contribution < -0.4 is 5.32 Å². The van der Waals surface area contributed by atoms with Crippen LogP contribution in [0.15, 0.2) is 60.8 Å². The van der Waals surface area contributed by atoms with Gasteiger partial charge in [0.15, 0.2) is 0 Å². The minimum Gasteiger partial charge on any atom is -0.478 e. The van der Waals surface area contributed by atoms with E-state index in [0.717, 1.165) is 16.5 Å². The van der Waals surface area contributed by atoms with Gasteiger partial charge in [0.2, 0.25) is 0 Å². The Labute approximate surface area is 171 Å². The van der Waals surface area contributed by atoms with Crippen LogP contribution in [-0.2, 0) is 13.2 Å². The van der Waals surface area contributed by atoms with Crippen molar-refractivity contribution in [2.45, 2.75) is 45.6 Å². The Bertz CT molecular complexity index is 914. The summed E-state index contributed by atoms with van der Waals surface area (Å²) in [6.45, 7) is 7.32. The third kappa shape index (κ3) is 7.02. The Balaban J connectivity index is 0.000000278. The molecule has 0 aliphatic heterocycles. The number of aromatic carboxylic acids is 1. The van der Waals surface area contributed by atoms with Crippen molar-refractivity contribution in [2.75, 3.05) is 6.54 Å². The third-order valence-corrected chi connectivity index (χ3v) is 4.34.